The van der Waals surface area contributed by atoms with Gasteiger partial charge in [-0.1, -0.05) is 25.1 Å². The minimum absolute atomic E-state index is 0.00503. The van der Waals surface area contributed by atoms with E-state index in [9.17, 15) is 34.5 Å². The number of carbonyl (C=O) groups excluding carboxylic acids is 4. The Labute approximate surface area is 261 Å². The van der Waals surface area contributed by atoms with Crippen LogP contribution in [0.5, 0.6) is 0 Å². The summed E-state index contributed by atoms with van der Waals surface area (Å²) in [6.45, 7) is 9.66. The molecule has 12 heteroatoms. The van der Waals surface area contributed by atoms with Crippen LogP contribution >= 0.6 is 0 Å². The number of benzene rings is 1. The van der Waals surface area contributed by atoms with Gasteiger partial charge in [0.25, 0.3) is 0 Å². The Morgan fingerprint density at radius 1 is 0.933 bits per heavy atom. The number of rotatable bonds is 6. The monoisotopic (exact) mass is 630 g/mol. The van der Waals surface area contributed by atoms with Gasteiger partial charge in [-0.15, -0.1) is 0 Å². The Morgan fingerprint density at radius 2 is 1.56 bits per heavy atom. The fraction of sp³-hybridized carbons (Fsp3) is 0.636. The van der Waals surface area contributed by atoms with E-state index in [0.717, 1.165) is 0 Å². The molecule has 1 saturated heterocycles. The molecule has 0 radical (unpaired) electrons. The Balaban J connectivity index is 1.88. The van der Waals surface area contributed by atoms with E-state index in [-0.39, 0.29) is 30.6 Å². The standard InChI is InChI=1S/C33H42O12/c1-16-21(37)14-32(30(5,6)40)24(16)25(38)27(44-29(39)20-11-9-8-10-12-20)31(7)22(42-17(2)34)13-23-33(15-41-23,45-19(4)36)26(31)28(32)43-18(3)35/h8-12,21-23,25-28,37-38,40H,13-15H2,1-7H3/t21-,22+,23+,25+,26+,27-,28+,31+,32-,33-/m0/s1. The summed E-state index contributed by atoms with van der Waals surface area (Å²) in [6, 6.07) is 8.10. The predicted octanol–water partition coefficient (Wildman–Crippen LogP) is 2.02. The molecule has 1 aromatic rings. The summed E-state index contributed by atoms with van der Waals surface area (Å²) in [7, 11) is 0. The van der Waals surface area contributed by atoms with E-state index in [1.165, 1.54) is 34.6 Å². The van der Waals surface area contributed by atoms with Crippen LogP contribution in [0.15, 0.2) is 41.5 Å². The SMILES string of the molecule is CC(=O)O[C@@H]1[C@H]2[C@]3(OC(C)=O)CO[C@@H]3C[C@@H](OC(C)=O)[C@@]2(C)[C@@H](OC(=O)c2ccccc2)[C@H](O)C2=C(C)[C@@H](O)C[C@]21C(C)(C)O. The van der Waals surface area contributed by atoms with Crippen molar-refractivity contribution in [2.75, 3.05) is 6.61 Å². The molecule has 3 aliphatic carbocycles. The molecule has 10 atom stereocenters. The second kappa shape index (κ2) is 11.2. The smallest absolute Gasteiger partial charge is 0.338 e. The molecule has 0 unspecified atom stereocenters. The molecule has 5 rings (SSSR count). The fourth-order valence-electron chi connectivity index (χ4n) is 8.71. The van der Waals surface area contributed by atoms with Crippen molar-refractivity contribution in [3.8, 4) is 0 Å². The van der Waals surface area contributed by atoms with Crippen LogP contribution in [-0.2, 0) is 38.1 Å². The molecule has 3 N–H and O–H groups in total. The molecule has 0 spiro atoms. The lowest BCUT2D eigenvalue weighted by Crippen LogP contribution is -2.79. The Bertz CT molecular complexity index is 1410. The van der Waals surface area contributed by atoms with E-state index in [0.29, 0.717) is 5.57 Å². The third-order valence-corrected chi connectivity index (χ3v) is 10.5. The molecule has 1 heterocycles. The Hall–Kier alpha value is -3.32. The van der Waals surface area contributed by atoms with Crippen LogP contribution < -0.4 is 0 Å². The second-order valence-corrected chi connectivity index (χ2v) is 13.5. The first-order valence-corrected chi connectivity index (χ1v) is 15.1. The number of hydrogen-bond donors (Lipinski definition) is 3. The fourth-order valence-corrected chi connectivity index (χ4v) is 8.71. The van der Waals surface area contributed by atoms with Gasteiger partial charge in [0.2, 0.25) is 0 Å². The molecular weight excluding hydrogens is 588 g/mol. The zero-order valence-electron chi connectivity index (χ0n) is 26.6. The Kier molecular flexibility index (Phi) is 8.21. The van der Waals surface area contributed by atoms with Gasteiger partial charge in [-0.05, 0) is 50.5 Å². The van der Waals surface area contributed by atoms with Gasteiger partial charge in [0.15, 0.2) is 5.60 Å². The minimum Gasteiger partial charge on any atom is -0.462 e. The highest BCUT2D eigenvalue weighted by molar-refractivity contribution is 5.89. The highest BCUT2D eigenvalue weighted by Crippen LogP contribution is 2.68. The van der Waals surface area contributed by atoms with Crippen molar-refractivity contribution in [2.45, 2.75) is 109 Å². The summed E-state index contributed by atoms with van der Waals surface area (Å²) in [5.74, 6) is -4.08. The lowest BCUT2D eigenvalue weighted by atomic mass is 9.49. The largest absolute Gasteiger partial charge is 0.462 e. The first-order chi connectivity index (χ1) is 20.9. The van der Waals surface area contributed by atoms with E-state index in [1.54, 1.807) is 44.2 Å². The second-order valence-electron chi connectivity index (χ2n) is 13.5. The first kappa shape index (κ1) is 33.1. The van der Waals surface area contributed by atoms with Gasteiger partial charge in [-0.25, -0.2) is 4.79 Å². The summed E-state index contributed by atoms with van der Waals surface area (Å²) >= 11 is 0. The van der Waals surface area contributed by atoms with Gasteiger partial charge in [0.05, 0.1) is 40.6 Å². The van der Waals surface area contributed by atoms with Gasteiger partial charge >= 0.3 is 23.9 Å². The number of ether oxygens (including phenoxy) is 5. The van der Waals surface area contributed by atoms with Gasteiger partial charge in [0, 0.05) is 27.2 Å². The number of esters is 4. The maximum absolute atomic E-state index is 13.8. The maximum Gasteiger partial charge on any atom is 0.338 e. The summed E-state index contributed by atoms with van der Waals surface area (Å²) in [4.78, 5) is 52.1. The van der Waals surface area contributed by atoms with Gasteiger partial charge < -0.3 is 39.0 Å². The summed E-state index contributed by atoms with van der Waals surface area (Å²) in [6.07, 6.45) is -7.94. The van der Waals surface area contributed by atoms with Crippen molar-refractivity contribution in [1.29, 1.82) is 0 Å². The number of hydrogen-bond acceptors (Lipinski definition) is 12. The topological polar surface area (TPSA) is 175 Å². The predicted molar refractivity (Wildman–Crippen MR) is 155 cm³/mol. The average Bonchev–Trinajstić information content (AvgIpc) is 3.18. The van der Waals surface area contributed by atoms with Crippen LogP contribution in [0.3, 0.4) is 0 Å². The van der Waals surface area contributed by atoms with E-state index in [4.69, 9.17) is 23.7 Å². The van der Waals surface area contributed by atoms with Crippen molar-refractivity contribution in [3.63, 3.8) is 0 Å². The van der Waals surface area contributed by atoms with Crippen molar-refractivity contribution >= 4 is 23.9 Å². The van der Waals surface area contributed by atoms with Crippen LogP contribution in [0, 0.1) is 16.7 Å². The van der Waals surface area contributed by atoms with Crippen molar-refractivity contribution in [3.05, 3.63) is 47.0 Å². The molecule has 0 amide bonds. The number of fused-ring (bicyclic) bond motifs is 4. The summed E-state index contributed by atoms with van der Waals surface area (Å²) < 4.78 is 30.3. The molecule has 45 heavy (non-hydrogen) atoms. The molecule has 3 fully saturated rings. The minimum atomic E-state index is -1.78. The van der Waals surface area contributed by atoms with Crippen LogP contribution in [-0.4, -0.2) is 93.6 Å². The highest BCUT2D eigenvalue weighted by atomic mass is 16.6. The van der Waals surface area contributed by atoms with Crippen LogP contribution in [0.25, 0.3) is 0 Å². The van der Waals surface area contributed by atoms with E-state index < -0.39 is 88.5 Å². The van der Waals surface area contributed by atoms with Gasteiger partial charge in [-0.2, -0.15) is 0 Å². The van der Waals surface area contributed by atoms with E-state index in [2.05, 4.69) is 0 Å². The first-order valence-electron chi connectivity index (χ1n) is 15.1. The quantitative estimate of drug-likeness (QED) is 0.237. The number of aliphatic hydroxyl groups is 3. The Morgan fingerprint density at radius 3 is 2.07 bits per heavy atom. The third-order valence-electron chi connectivity index (χ3n) is 10.5. The molecule has 246 valence electrons. The average molecular weight is 631 g/mol. The van der Waals surface area contributed by atoms with Gasteiger partial charge in [-0.3, -0.25) is 14.4 Å². The third kappa shape index (κ3) is 4.88. The normalized spacial score (nSPS) is 38.8. The molecule has 1 aliphatic heterocycles. The van der Waals surface area contributed by atoms with E-state index >= 15 is 0 Å². The molecule has 4 aliphatic rings. The van der Waals surface area contributed by atoms with Crippen LogP contribution in [0.2, 0.25) is 0 Å². The zero-order chi connectivity index (χ0) is 33.3. The molecular formula is C33H42O12. The molecule has 2 saturated carbocycles. The molecule has 12 nitrogen and oxygen atoms in total. The number of aliphatic hydroxyl groups excluding tert-OH is 2. The van der Waals surface area contributed by atoms with Gasteiger partial charge in [0.1, 0.15) is 30.5 Å². The zero-order valence-corrected chi connectivity index (χ0v) is 26.6. The highest BCUT2D eigenvalue weighted by Gasteiger charge is 2.80. The van der Waals surface area contributed by atoms with Crippen molar-refractivity contribution < 1.29 is 58.2 Å². The number of carbonyl (C=O) groups is 4. The van der Waals surface area contributed by atoms with Crippen molar-refractivity contribution in [2.24, 2.45) is 16.7 Å². The molecule has 0 aromatic heterocycles. The summed E-state index contributed by atoms with van der Waals surface area (Å²) in [5, 5.41) is 35.9. The van der Waals surface area contributed by atoms with Crippen molar-refractivity contribution in [1.82, 2.24) is 0 Å². The molecule has 1 aromatic carbocycles. The van der Waals surface area contributed by atoms with E-state index in [1.807, 2.05) is 0 Å². The van der Waals surface area contributed by atoms with Crippen LogP contribution in [0.4, 0.5) is 0 Å². The molecule has 0 bridgehead atoms. The maximum atomic E-state index is 13.8. The van der Waals surface area contributed by atoms with Crippen LogP contribution in [0.1, 0.15) is 71.7 Å². The lowest BCUT2D eigenvalue weighted by molar-refractivity contribution is -0.352. The lowest BCUT2D eigenvalue weighted by Gasteiger charge is -2.65. The summed E-state index contributed by atoms with van der Waals surface area (Å²) in [5.41, 5.74) is -6.00.